The molecule has 106 valence electrons. The van der Waals surface area contributed by atoms with Gasteiger partial charge in [-0.2, -0.15) is 0 Å². The largest absolute Gasteiger partial charge is 0.256 e. The maximum absolute atomic E-state index is 4.61. The molecule has 22 heavy (non-hydrogen) atoms. The number of pyridine rings is 2. The zero-order valence-electron chi connectivity index (χ0n) is 12.0. The lowest BCUT2D eigenvalue weighted by molar-refractivity contribution is 1.19. The van der Waals surface area contributed by atoms with Crippen molar-refractivity contribution < 1.29 is 0 Å². The highest BCUT2D eigenvalue weighted by Gasteiger charge is 2.14. The van der Waals surface area contributed by atoms with Crippen LogP contribution in [0, 0.1) is 6.92 Å². The first-order valence-electron chi connectivity index (χ1n) is 7.04. The average Bonchev–Trinajstić information content (AvgIpc) is 3.04. The molecule has 0 radical (unpaired) electrons. The van der Waals surface area contributed by atoms with Crippen molar-refractivity contribution in [3.8, 4) is 21.8 Å². The first-order chi connectivity index (χ1) is 10.8. The number of hydrogen-bond donors (Lipinski definition) is 0. The van der Waals surface area contributed by atoms with Gasteiger partial charge in [-0.1, -0.05) is 24.3 Å². The molecule has 0 amide bonds. The van der Waals surface area contributed by atoms with Gasteiger partial charge in [0.2, 0.25) is 0 Å². The number of nitrogens with zero attached hydrogens (tertiary/aromatic N) is 3. The van der Waals surface area contributed by atoms with E-state index in [1.165, 1.54) is 0 Å². The predicted octanol–water partition coefficient (Wildman–Crippen LogP) is 4.73. The van der Waals surface area contributed by atoms with Crippen molar-refractivity contribution >= 4 is 22.2 Å². The van der Waals surface area contributed by atoms with E-state index >= 15 is 0 Å². The fourth-order valence-corrected chi connectivity index (χ4v) is 3.43. The quantitative estimate of drug-likeness (QED) is 0.537. The molecule has 4 aromatic rings. The first-order valence-corrected chi connectivity index (χ1v) is 7.92. The second-order valence-electron chi connectivity index (χ2n) is 5.07. The zero-order valence-corrected chi connectivity index (χ0v) is 12.8. The van der Waals surface area contributed by atoms with E-state index in [0.29, 0.717) is 0 Å². The molecule has 0 aliphatic heterocycles. The Balaban J connectivity index is 1.96. The van der Waals surface area contributed by atoms with Crippen molar-refractivity contribution in [3.05, 3.63) is 65.9 Å². The van der Waals surface area contributed by atoms with Crippen molar-refractivity contribution in [1.82, 2.24) is 15.0 Å². The lowest BCUT2D eigenvalue weighted by atomic mass is 10.1. The van der Waals surface area contributed by atoms with Gasteiger partial charge in [-0.15, -0.1) is 11.3 Å². The first kappa shape index (κ1) is 13.1. The third-order valence-corrected chi connectivity index (χ3v) is 4.45. The third-order valence-electron chi connectivity index (χ3n) is 3.59. The maximum Gasteiger partial charge on any atom is 0.107 e. The van der Waals surface area contributed by atoms with E-state index in [2.05, 4.69) is 27.1 Å². The SMILES string of the molecule is Cc1cccc(-c2ncsc2-c2ccnc3ccccc23)n1. The molecule has 0 unspecified atom stereocenters. The number of thiazole rings is 1. The summed E-state index contributed by atoms with van der Waals surface area (Å²) in [7, 11) is 0. The molecule has 4 rings (SSSR count). The van der Waals surface area contributed by atoms with Crippen LogP contribution in [-0.2, 0) is 0 Å². The number of aryl methyl sites for hydroxylation is 1. The average molecular weight is 303 g/mol. The minimum atomic E-state index is 0.914. The number of rotatable bonds is 2. The van der Waals surface area contributed by atoms with Crippen molar-refractivity contribution in [2.75, 3.05) is 0 Å². The van der Waals surface area contributed by atoms with E-state index in [4.69, 9.17) is 0 Å². The van der Waals surface area contributed by atoms with Gasteiger partial charge in [0.05, 0.1) is 21.6 Å². The Labute approximate surface area is 132 Å². The summed E-state index contributed by atoms with van der Waals surface area (Å²) in [6, 6.07) is 16.3. The van der Waals surface area contributed by atoms with Gasteiger partial charge in [0.1, 0.15) is 5.69 Å². The minimum Gasteiger partial charge on any atom is -0.256 e. The number of para-hydroxylation sites is 1. The standard InChI is InChI=1S/C18H13N3S/c1-12-5-4-8-16(21-12)17-18(22-11-20-17)14-9-10-19-15-7-3-2-6-13(14)15/h2-11H,1H3. The molecule has 1 aromatic carbocycles. The van der Waals surface area contributed by atoms with Crippen LogP contribution in [-0.4, -0.2) is 15.0 Å². The molecule has 0 N–H and O–H groups in total. The van der Waals surface area contributed by atoms with Gasteiger partial charge in [0.25, 0.3) is 0 Å². The van der Waals surface area contributed by atoms with E-state index in [1.807, 2.05) is 55.0 Å². The molecule has 0 saturated carbocycles. The Hall–Kier alpha value is -2.59. The number of hydrogen-bond acceptors (Lipinski definition) is 4. The molecule has 0 spiro atoms. The Morgan fingerprint density at radius 1 is 0.909 bits per heavy atom. The smallest absolute Gasteiger partial charge is 0.107 e. The molecular weight excluding hydrogens is 290 g/mol. The molecule has 0 saturated heterocycles. The fraction of sp³-hybridized carbons (Fsp3) is 0.0556. The van der Waals surface area contributed by atoms with Gasteiger partial charge in [-0.05, 0) is 31.2 Å². The van der Waals surface area contributed by atoms with Gasteiger partial charge in [-0.25, -0.2) is 4.98 Å². The second kappa shape index (κ2) is 5.31. The number of benzene rings is 1. The summed E-state index contributed by atoms with van der Waals surface area (Å²) in [4.78, 5) is 14.7. The van der Waals surface area contributed by atoms with Crippen molar-refractivity contribution in [3.63, 3.8) is 0 Å². The van der Waals surface area contributed by atoms with E-state index in [-0.39, 0.29) is 0 Å². The summed E-state index contributed by atoms with van der Waals surface area (Å²) >= 11 is 1.64. The summed E-state index contributed by atoms with van der Waals surface area (Å²) in [6.45, 7) is 2.00. The fourth-order valence-electron chi connectivity index (χ4n) is 2.59. The van der Waals surface area contributed by atoms with Crippen LogP contribution in [0.15, 0.2) is 60.2 Å². The topological polar surface area (TPSA) is 38.7 Å². The highest BCUT2D eigenvalue weighted by atomic mass is 32.1. The van der Waals surface area contributed by atoms with E-state index in [1.54, 1.807) is 11.3 Å². The molecule has 0 bridgehead atoms. The van der Waals surface area contributed by atoms with Crippen LogP contribution >= 0.6 is 11.3 Å². The zero-order chi connectivity index (χ0) is 14.9. The van der Waals surface area contributed by atoms with Gasteiger partial charge >= 0.3 is 0 Å². The van der Waals surface area contributed by atoms with E-state index in [0.717, 1.165) is 38.4 Å². The summed E-state index contributed by atoms with van der Waals surface area (Å²) in [5.41, 5.74) is 6.88. The molecular formula is C18H13N3S. The Morgan fingerprint density at radius 3 is 2.73 bits per heavy atom. The van der Waals surface area contributed by atoms with Crippen molar-refractivity contribution in [2.45, 2.75) is 6.92 Å². The molecule has 3 heterocycles. The summed E-state index contributed by atoms with van der Waals surface area (Å²) < 4.78 is 0. The predicted molar refractivity (Wildman–Crippen MR) is 90.8 cm³/mol. The molecule has 3 nitrogen and oxygen atoms in total. The minimum absolute atomic E-state index is 0.914. The third kappa shape index (κ3) is 2.18. The Kier molecular flexibility index (Phi) is 3.16. The Morgan fingerprint density at radius 2 is 1.82 bits per heavy atom. The van der Waals surface area contributed by atoms with Gasteiger partial charge < -0.3 is 0 Å². The van der Waals surface area contributed by atoms with Crippen molar-refractivity contribution in [2.24, 2.45) is 0 Å². The summed E-state index contributed by atoms with van der Waals surface area (Å²) in [5, 5.41) is 1.14. The van der Waals surface area contributed by atoms with Crippen LogP contribution < -0.4 is 0 Å². The van der Waals surface area contributed by atoms with Gasteiger partial charge in [-0.3, -0.25) is 9.97 Å². The summed E-state index contributed by atoms with van der Waals surface area (Å²) in [5.74, 6) is 0. The maximum atomic E-state index is 4.61. The van der Waals surface area contributed by atoms with Crippen LogP contribution in [0.3, 0.4) is 0 Å². The highest BCUT2D eigenvalue weighted by Crippen LogP contribution is 2.37. The monoisotopic (exact) mass is 303 g/mol. The van der Waals surface area contributed by atoms with Crippen molar-refractivity contribution in [1.29, 1.82) is 0 Å². The molecule has 0 aliphatic rings. The second-order valence-corrected chi connectivity index (χ2v) is 5.92. The lowest BCUT2D eigenvalue weighted by Gasteiger charge is -2.06. The van der Waals surface area contributed by atoms with Gasteiger partial charge in [0, 0.05) is 22.8 Å². The lowest BCUT2D eigenvalue weighted by Crippen LogP contribution is -1.89. The summed E-state index contributed by atoms with van der Waals surface area (Å²) in [6.07, 6.45) is 1.85. The van der Waals surface area contributed by atoms with Crippen LogP contribution in [0.1, 0.15) is 5.69 Å². The highest BCUT2D eigenvalue weighted by molar-refractivity contribution is 7.13. The number of fused-ring (bicyclic) bond motifs is 1. The van der Waals surface area contributed by atoms with Crippen LogP contribution in [0.4, 0.5) is 0 Å². The van der Waals surface area contributed by atoms with Gasteiger partial charge in [0.15, 0.2) is 0 Å². The molecule has 0 atom stereocenters. The van der Waals surface area contributed by atoms with Crippen LogP contribution in [0.2, 0.25) is 0 Å². The molecule has 4 heteroatoms. The molecule has 0 fully saturated rings. The molecule has 3 aromatic heterocycles. The van der Waals surface area contributed by atoms with E-state index < -0.39 is 0 Å². The van der Waals surface area contributed by atoms with Crippen LogP contribution in [0.25, 0.3) is 32.7 Å². The molecule has 0 aliphatic carbocycles. The van der Waals surface area contributed by atoms with E-state index in [9.17, 15) is 0 Å². The Bertz CT molecular complexity index is 954. The van der Waals surface area contributed by atoms with Crippen LogP contribution in [0.5, 0.6) is 0 Å². The normalized spacial score (nSPS) is 11.0. The number of aromatic nitrogens is 3.